The van der Waals surface area contributed by atoms with Crippen molar-refractivity contribution < 1.29 is 9.34 Å². The molecule has 0 N–H and O–H groups in total. The Balaban J connectivity index is 1.53. The third-order valence-electron chi connectivity index (χ3n) is 6.72. The molecule has 2 aromatic heterocycles. The van der Waals surface area contributed by atoms with Crippen LogP contribution in [0.4, 0.5) is 5.69 Å². The Morgan fingerprint density at radius 1 is 0.703 bits per heavy atom. The Morgan fingerprint density at radius 2 is 1.41 bits per heavy atom. The first kappa shape index (κ1) is 21.1. The van der Waals surface area contributed by atoms with Gasteiger partial charge in [0.15, 0.2) is 5.58 Å². The second-order valence-electron chi connectivity index (χ2n) is 8.90. The van der Waals surface area contributed by atoms with Crippen molar-refractivity contribution in [2.75, 3.05) is 0 Å². The molecule has 5 aromatic carbocycles. The molecule has 6 nitrogen and oxygen atoms in total. The lowest BCUT2D eigenvalue weighted by Crippen LogP contribution is -1.93. The molecule has 0 radical (unpaired) electrons. The third-order valence-corrected chi connectivity index (χ3v) is 6.72. The van der Waals surface area contributed by atoms with Crippen LogP contribution in [0.2, 0.25) is 0 Å². The van der Waals surface area contributed by atoms with Crippen molar-refractivity contribution >= 4 is 38.6 Å². The van der Waals surface area contributed by atoms with Crippen molar-refractivity contribution in [2.45, 2.75) is 0 Å². The predicted molar refractivity (Wildman–Crippen MR) is 146 cm³/mol. The van der Waals surface area contributed by atoms with E-state index in [2.05, 4.69) is 22.8 Å². The molecule has 0 bridgehead atoms. The largest absolute Gasteiger partial charge is 0.436 e. The van der Waals surface area contributed by atoms with Gasteiger partial charge in [0, 0.05) is 28.1 Å². The molecule has 37 heavy (non-hydrogen) atoms. The maximum Gasteiger partial charge on any atom is 0.277 e. The van der Waals surface area contributed by atoms with Crippen molar-refractivity contribution in [3.05, 3.63) is 125 Å². The van der Waals surface area contributed by atoms with E-state index in [1.807, 2.05) is 78.9 Å². The van der Waals surface area contributed by atoms with Crippen molar-refractivity contribution in [1.82, 2.24) is 9.55 Å². The number of para-hydroxylation sites is 2. The molecule has 0 saturated heterocycles. The van der Waals surface area contributed by atoms with Crippen LogP contribution in [0.1, 0.15) is 0 Å². The predicted octanol–water partition coefficient (Wildman–Crippen LogP) is 8.17. The smallest absolute Gasteiger partial charge is 0.277 e. The monoisotopic (exact) mass is 481 g/mol. The molecule has 0 amide bonds. The summed E-state index contributed by atoms with van der Waals surface area (Å²) < 4.78 is 8.38. The minimum Gasteiger partial charge on any atom is -0.436 e. The van der Waals surface area contributed by atoms with Crippen LogP contribution < -0.4 is 0 Å². The molecule has 0 aliphatic carbocycles. The van der Waals surface area contributed by atoms with E-state index in [1.54, 1.807) is 12.1 Å². The van der Waals surface area contributed by atoms with Gasteiger partial charge in [0.05, 0.1) is 21.5 Å². The molecule has 0 atom stereocenters. The van der Waals surface area contributed by atoms with Gasteiger partial charge in [-0.15, -0.1) is 0 Å². The molecule has 0 fully saturated rings. The Kier molecular flexibility index (Phi) is 4.66. The Bertz CT molecular complexity index is 1950. The third kappa shape index (κ3) is 3.38. The van der Waals surface area contributed by atoms with Gasteiger partial charge in [0.1, 0.15) is 5.52 Å². The quantitative estimate of drug-likeness (QED) is 0.188. The topological polar surface area (TPSA) is 74.1 Å². The lowest BCUT2D eigenvalue weighted by Gasteiger charge is -2.08. The van der Waals surface area contributed by atoms with E-state index >= 15 is 0 Å². The number of nitro benzene ring substituents is 1. The number of nitro groups is 1. The summed E-state index contributed by atoms with van der Waals surface area (Å²) in [5, 5.41) is 13.7. The number of aromatic nitrogens is 2. The Hall–Kier alpha value is -5.23. The molecule has 7 aromatic rings. The van der Waals surface area contributed by atoms with Crippen LogP contribution in [0.25, 0.3) is 61.2 Å². The number of oxazole rings is 1. The fourth-order valence-corrected chi connectivity index (χ4v) is 5.04. The van der Waals surface area contributed by atoms with Crippen LogP contribution in [-0.4, -0.2) is 14.5 Å². The number of hydrogen-bond acceptors (Lipinski definition) is 4. The summed E-state index contributed by atoms with van der Waals surface area (Å²) >= 11 is 0. The summed E-state index contributed by atoms with van der Waals surface area (Å²) in [4.78, 5) is 16.1. The fraction of sp³-hybridized carbons (Fsp3) is 0. The summed E-state index contributed by atoms with van der Waals surface area (Å²) in [5.41, 5.74) is 6.83. The molecule has 2 heterocycles. The first-order chi connectivity index (χ1) is 18.2. The van der Waals surface area contributed by atoms with Crippen molar-refractivity contribution in [3.8, 4) is 28.3 Å². The maximum atomic E-state index is 11.7. The standard InChI is InChI=1S/C31H19N3O3/c35-34(36)28-14-8-7-13-23(28)21-15-16-27-24(17-21)25-18-30-26(32-31(37-30)20-9-3-1-4-10-20)19-29(25)33(27)22-11-5-2-6-12-22/h1-19H. The second kappa shape index (κ2) is 8.17. The van der Waals surface area contributed by atoms with Crippen LogP contribution >= 0.6 is 0 Å². The molecule has 7 rings (SSSR count). The number of fused-ring (bicyclic) bond motifs is 4. The molecule has 6 heteroatoms. The maximum absolute atomic E-state index is 11.7. The van der Waals surface area contributed by atoms with Crippen LogP contribution in [0.15, 0.2) is 120 Å². The number of benzene rings is 5. The normalized spacial score (nSPS) is 11.5. The summed E-state index contributed by atoms with van der Waals surface area (Å²) in [6, 6.07) is 36.9. The fourth-order valence-electron chi connectivity index (χ4n) is 5.04. The van der Waals surface area contributed by atoms with Gasteiger partial charge in [-0.2, -0.15) is 0 Å². The van der Waals surface area contributed by atoms with E-state index < -0.39 is 0 Å². The highest BCUT2D eigenvalue weighted by molar-refractivity contribution is 6.13. The lowest BCUT2D eigenvalue weighted by molar-refractivity contribution is -0.384. The Morgan fingerprint density at radius 3 is 2.19 bits per heavy atom. The molecular weight excluding hydrogens is 462 g/mol. The van der Waals surface area contributed by atoms with Gasteiger partial charge >= 0.3 is 0 Å². The second-order valence-corrected chi connectivity index (χ2v) is 8.90. The molecule has 0 spiro atoms. The van der Waals surface area contributed by atoms with E-state index in [0.29, 0.717) is 17.0 Å². The molecule has 0 aliphatic heterocycles. The van der Waals surface area contributed by atoms with Gasteiger partial charge in [-0.25, -0.2) is 4.98 Å². The average Bonchev–Trinajstić information content (AvgIpc) is 3.50. The summed E-state index contributed by atoms with van der Waals surface area (Å²) in [5.74, 6) is 0.569. The van der Waals surface area contributed by atoms with Crippen molar-refractivity contribution in [3.63, 3.8) is 0 Å². The van der Waals surface area contributed by atoms with Crippen LogP contribution in [0.3, 0.4) is 0 Å². The van der Waals surface area contributed by atoms with E-state index in [1.165, 1.54) is 6.07 Å². The summed E-state index contributed by atoms with van der Waals surface area (Å²) in [7, 11) is 0. The van der Waals surface area contributed by atoms with Crippen LogP contribution in [-0.2, 0) is 0 Å². The van der Waals surface area contributed by atoms with E-state index in [0.717, 1.165) is 44.1 Å². The molecule has 176 valence electrons. The summed E-state index contributed by atoms with van der Waals surface area (Å²) in [6.07, 6.45) is 0. The van der Waals surface area contributed by atoms with Crippen LogP contribution in [0.5, 0.6) is 0 Å². The highest BCUT2D eigenvalue weighted by Crippen LogP contribution is 2.39. The van der Waals surface area contributed by atoms with E-state index in [4.69, 9.17) is 9.40 Å². The van der Waals surface area contributed by atoms with Gasteiger partial charge < -0.3 is 8.98 Å². The number of nitrogens with zero attached hydrogens (tertiary/aromatic N) is 3. The minimum absolute atomic E-state index is 0.0822. The first-order valence-electron chi connectivity index (χ1n) is 11.9. The van der Waals surface area contributed by atoms with Gasteiger partial charge in [-0.1, -0.05) is 54.6 Å². The first-order valence-corrected chi connectivity index (χ1v) is 11.9. The number of hydrogen-bond donors (Lipinski definition) is 0. The van der Waals surface area contributed by atoms with Crippen LogP contribution in [0, 0.1) is 10.1 Å². The average molecular weight is 482 g/mol. The highest BCUT2D eigenvalue weighted by atomic mass is 16.6. The minimum atomic E-state index is -0.337. The van der Waals surface area contributed by atoms with Gasteiger partial charge in [0.2, 0.25) is 5.89 Å². The van der Waals surface area contributed by atoms with Crippen molar-refractivity contribution in [1.29, 1.82) is 0 Å². The van der Waals surface area contributed by atoms with Gasteiger partial charge in [-0.05, 0) is 60.2 Å². The zero-order chi connectivity index (χ0) is 24.9. The number of rotatable bonds is 4. The molecule has 0 aliphatic rings. The molecule has 0 unspecified atom stereocenters. The van der Waals surface area contributed by atoms with Gasteiger partial charge in [0.25, 0.3) is 5.69 Å². The van der Waals surface area contributed by atoms with Crippen molar-refractivity contribution in [2.24, 2.45) is 0 Å². The van der Waals surface area contributed by atoms with Gasteiger partial charge in [-0.3, -0.25) is 10.1 Å². The SMILES string of the molecule is O=[N+]([O-])c1ccccc1-c1ccc2c(c1)c1cc3oc(-c4ccccc4)nc3cc1n2-c1ccccc1. The van der Waals surface area contributed by atoms with E-state index in [9.17, 15) is 10.1 Å². The molecule has 0 saturated carbocycles. The zero-order valence-corrected chi connectivity index (χ0v) is 19.5. The summed E-state index contributed by atoms with van der Waals surface area (Å²) in [6.45, 7) is 0. The molecular formula is C31H19N3O3. The zero-order valence-electron chi connectivity index (χ0n) is 19.5. The Labute approximate surface area is 211 Å². The highest BCUT2D eigenvalue weighted by Gasteiger charge is 2.19. The van der Waals surface area contributed by atoms with E-state index in [-0.39, 0.29) is 10.6 Å². The lowest BCUT2D eigenvalue weighted by atomic mass is 10.0.